The van der Waals surface area contributed by atoms with Gasteiger partial charge in [-0.25, -0.2) is 4.98 Å². The van der Waals surface area contributed by atoms with Crippen LogP contribution < -0.4 is 14.5 Å². The van der Waals surface area contributed by atoms with Crippen LogP contribution in [0, 0.1) is 25.7 Å². The summed E-state index contributed by atoms with van der Waals surface area (Å²) in [5.74, 6) is 1.11. The Labute approximate surface area is 420 Å². The first-order valence-corrected chi connectivity index (χ1v) is 21.4. The zero-order chi connectivity index (χ0) is 56.1. The number of pyridine rings is 1. The van der Waals surface area contributed by atoms with Crippen molar-refractivity contribution in [1.82, 2.24) is 9.55 Å². The van der Waals surface area contributed by atoms with Crippen LogP contribution in [0.3, 0.4) is 0 Å². The molecule has 13 rings (SSSR count). The van der Waals surface area contributed by atoms with Crippen LogP contribution in [0.2, 0.25) is 0 Å². The van der Waals surface area contributed by atoms with Crippen LogP contribution in [-0.2, 0) is 21.1 Å². The third-order valence-corrected chi connectivity index (χ3v) is 13.1. The van der Waals surface area contributed by atoms with Crippen molar-refractivity contribution in [3.05, 3.63) is 235 Å². The molecule has 0 amide bonds. The fraction of sp³-hybridized carbons (Fsp3) is 0.100. The van der Waals surface area contributed by atoms with E-state index < -0.39 is 78.6 Å². The van der Waals surface area contributed by atoms with Crippen molar-refractivity contribution < 1.29 is 46.4 Å². The number of aryl methyl sites for hydroxylation is 1. The van der Waals surface area contributed by atoms with Gasteiger partial charge in [0.05, 0.1) is 20.6 Å². The van der Waals surface area contributed by atoms with Gasteiger partial charge in [-0.3, -0.25) is 0 Å². The molecule has 10 aromatic rings. The first-order chi connectivity index (χ1) is 38.4. The maximum atomic E-state index is 9.19. The summed E-state index contributed by atoms with van der Waals surface area (Å²) < 4.78 is 139. The maximum Gasteiger partial charge on any atom is 0.135 e. The molecule has 4 atom stereocenters. The van der Waals surface area contributed by atoms with Crippen molar-refractivity contribution in [2.24, 2.45) is 0 Å². The summed E-state index contributed by atoms with van der Waals surface area (Å²) >= 11 is 0. The fourth-order valence-electron chi connectivity index (χ4n) is 10.5. The molecule has 6 heteroatoms. The second kappa shape index (κ2) is 16.3. The van der Waals surface area contributed by atoms with E-state index in [2.05, 4.69) is 29.2 Å². The molecule has 0 radical (unpaired) electrons. The van der Waals surface area contributed by atoms with Crippen LogP contribution in [0.1, 0.15) is 55.5 Å². The van der Waals surface area contributed by atoms with Crippen LogP contribution in [0.25, 0.3) is 61.0 Å². The Kier molecular flexibility index (Phi) is 6.77. The van der Waals surface area contributed by atoms with E-state index in [-0.39, 0.29) is 84.9 Å². The van der Waals surface area contributed by atoms with Crippen molar-refractivity contribution in [2.75, 3.05) is 9.80 Å². The number of rotatable bonds is 8. The van der Waals surface area contributed by atoms with Gasteiger partial charge in [-0.1, -0.05) is 157 Å². The topological polar surface area (TPSA) is 33.5 Å². The van der Waals surface area contributed by atoms with Gasteiger partial charge in [0.2, 0.25) is 0 Å². The van der Waals surface area contributed by atoms with Gasteiger partial charge < -0.3 is 19.1 Å². The van der Waals surface area contributed by atoms with Gasteiger partial charge in [0.15, 0.2) is 0 Å². The Morgan fingerprint density at radius 2 is 1.20 bits per heavy atom. The van der Waals surface area contributed by atoms with Crippen LogP contribution in [0.15, 0.2) is 200 Å². The smallest absolute Gasteiger partial charge is 0.135 e. The molecule has 2 fully saturated rings. The van der Waals surface area contributed by atoms with E-state index in [0.717, 1.165) is 28.3 Å². The van der Waals surface area contributed by atoms with Crippen molar-refractivity contribution in [2.45, 2.75) is 37.3 Å². The Bertz CT molecular complexity index is 4170. The molecule has 0 spiro atoms. The van der Waals surface area contributed by atoms with Gasteiger partial charge in [-0.05, 0) is 64.2 Å². The summed E-state index contributed by atoms with van der Waals surface area (Å²) in [7, 11) is 0. The zero-order valence-electron chi connectivity index (χ0n) is 50.0. The minimum absolute atomic E-state index is 0. The molecule has 1 saturated carbocycles. The molecular weight excluding hydrogens is 988 g/mol. The zero-order valence-corrected chi connectivity index (χ0v) is 37.3. The van der Waals surface area contributed by atoms with Gasteiger partial charge in [0, 0.05) is 90.6 Å². The molecule has 0 N–H and O–H groups in total. The Balaban J connectivity index is 0.00000651. The largest absolute Gasteiger partial charge is 0.519 e. The second-order valence-electron chi connectivity index (χ2n) is 16.5. The number of benzene rings is 8. The van der Waals surface area contributed by atoms with Crippen LogP contribution in [-0.4, -0.2) is 21.6 Å². The molecule has 2 aromatic heterocycles. The van der Waals surface area contributed by atoms with Crippen molar-refractivity contribution in [3.63, 3.8) is 0 Å². The first kappa shape index (κ1) is 27.3. The second-order valence-corrected chi connectivity index (χ2v) is 16.5. The average molecular weight is 1050 g/mol. The molecular formula is C60H43N4OPt-3. The normalized spacial score (nSPS) is 21.3. The fourth-order valence-corrected chi connectivity index (χ4v) is 10.5. The van der Waals surface area contributed by atoms with Crippen LogP contribution >= 0.6 is 0 Å². The van der Waals surface area contributed by atoms with E-state index in [1.807, 2.05) is 89.8 Å². The van der Waals surface area contributed by atoms with Gasteiger partial charge in [0.1, 0.15) is 5.82 Å². The number of hydrogen-bond acceptors (Lipinski definition) is 4. The minimum Gasteiger partial charge on any atom is -0.519 e. The van der Waals surface area contributed by atoms with E-state index in [1.54, 1.807) is 24.3 Å². The van der Waals surface area contributed by atoms with Crippen molar-refractivity contribution in [1.29, 1.82) is 0 Å². The number of ether oxygens (including phenoxy) is 1. The Morgan fingerprint density at radius 3 is 1.86 bits per heavy atom. The van der Waals surface area contributed by atoms with Crippen LogP contribution in [0.5, 0.6) is 11.5 Å². The minimum atomic E-state index is -0.567. The molecule has 2 bridgehead atoms. The van der Waals surface area contributed by atoms with Crippen molar-refractivity contribution in [3.8, 4) is 50.7 Å². The molecule has 3 heterocycles. The monoisotopic (exact) mass is 1050 g/mol. The molecule has 3 aliphatic rings. The predicted molar refractivity (Wildman–Crippen MR) is 264 cm³/mol. The van der Waals surface area contributed by atoms with E-state index in [4.69, 9.17) is 24.8 Å². The van der Waals surface area contributed by atoms with Gasteiger partial charge in [0.25, 0.3) is 0 Å². The number of aromatic nitrogens is 2. The molecule has 2 unspecified atom stereocenters. The summed E-state index contributed by atoms with van der Waals surface area (Å²) in [5, 5.41) is 1.79. The number of anilines is 2. The number of fused-ring (bicyclic) bond motifs is 11. The quantitative estimate of drug-likeness (QED) is 0.142. The third kappa shape index (κ3) is 6.51. The summed E-state index contributed by atoms with van der Waals surface area (Å²) in [6.45, 7) is 3.71. The van der Waals surface area contributed by atoms with Crippen molar-refractivity contribution >= 4 is 33.2 Å². The summed E-state index contributed by atoms with van der Waals surface area (Å²) in [5.41, 5.74) is 6.07. The molecule has 1 saturated heterocycles. The Morgan fingerprint density at radius 1 is 0.606 bits per heavy atom. The van der Waals surface area contributed by atoms with Gasteiger partial charge >= 0.3 is 0 Å². The summed E-state index contributed by atoms with van der Waals surface area (Å²) in [4.78, 5) is 8.93. The van der Waals surface area contributed by atoms with E-state index in [1.165, 1.54) is 11.8 Å². The molecule has 8 aromatic carbocycles. The number of hydrogen-bond donors (Lipinski definition) is 0. The molecule has 1 aliphatic heterocycles. The van der Waals surface area contributed by atoms with E-state index in [0.29, 0.717) is 45.3 Å². The SMILES string of the molecule is [2H]c1c([2H])c([2H])c(-c2cnc(-n3c4[c-]c(Oc5[c-]c(N6[CH-]N(c7c(-c8c([2H])c([2H])c([2H])c([2H])c8[2H])cccc7-c7c([2H])c([2H])c([2H])c([2H])c7[2H])C7C6[C@@H]6C[C@H]7c7ccccc76)ccc5)ccc4c4ccccc43)cc2C)c([2H])c1[2H].[Pt]. The Hall–Kier alpha value is -7.20. The number of nitrogens with zero attached hydrogens (tertiary/aromatic N) is 4. The maximum absolute atomic E-state index is 9.19. The first-order valence-electron chi connectivity index (χ1n) is 28.9. The van der Waals surface area contributed by atoms with Crippen LogP contribution in [0.4, 0.5) is 11.4 Å². The molecule has 322 valence electrons. The summed E-state index contributed by atoms with van der Waals surface area (Å²) in [6, 6.07) is 31.4. The molecule has 2 aliphatic carbocycles. The van der Waals surface area contributed by atoms with E-state index in [9.17, 15) is 5.48 Å². The third-order valence-electron chi connectivity index (χ3n) is 13.1. The van der Waals surface area contributed by atoms with Gasteiger partial charge in [-0.2, -0.15) is 24.9 Å². The summed E-state index contributed by atoms with van der Waals surface area (Å²) in [6.07, 6.45) is 2.28. The van der Waals surface area contributed by atoms with Gasteiger partial charge in [-0.15, -0.1) is 35.3 Å². The standard InChI is InChI=1S/C60H43N4O.Pt/c1-39-33-57(61-37-54(39)42-21-9-4-10-22-42)64-55-30-14-13-27-50(55)51-32-31-45(35-56(51)64)65-44-24-15-23-43(34-44)62-38-63(60-53-36-52(59(60)62)48-25-11-12-26-49(48)53)58-46(40-17-5-2-6-18-40)28-16-29-47(58)41-19-7-3-8-20-41;/h2-33,37-38,52-53,59-60H,36H2,1H3;/q-3;/t52-,53+,59?,60?;/m1./s1/i2D,3D,4D,5D,6D,7D,8D,9D,10D,17D,18D,19D,20D,21D,22D;. The molecule has 66 heavy (non-hydrogen) atoms. The average Bonchev–Trinajstić information content (AvgIpc) is 4.35. The predicted octanol–water partition coefficient (Wildman–Crippen LogP) is 14.3. The van der Waals surface area contributed by atoms with E-state index >= 15 is 0 Å². The number of para-hydroxylation sites is 2. The molecule has 5 nitrogen and oxygen atoms in total.